The minimum atomic E-state index is -5.06. The summed E-state index contributed by atoms with van der Waals surface area (Å²) in [5.74, 6) is -4.70. The number of carbonyl (C=O) groups excluding carboxylic acids is 3. The number of aliphatic carboxylic acids is 1. The highest BCUT2D eigenvalue weighted by atomic mass is 19.4. The van der Waals surface area contributed by atoms with Crippen LogP contribution in [-0.4, -0.2) is 89.1 Å². The normalized spacial score (nSPS) is 23.9. The summed E-state index contributed by atoms with van der Waals surface area (Å²) in [6.45, 7) is 1.35. The number of carbonyl (C=O) groups is 4. The summed E-state index contributed by atoms with van der Waals surface area (Å²) in [5, 5.41) is 14.7. The number of rotatable bonds is 11. The van der Waals surface area contributed by atoms with E-state index in [4.69, 9.17) is 0 Å². The summed E-state index contributed by atoms with van der Waals surface area (Å²) in [6.07, 6.45) is -4.14. The van der Waals surface area contributed by atoms with Crippen molar-refractivity contribution in [3.05, 3.63) is 35.9 Å². The van der Waals surface area contributed by atoms with Crippen LogP contribution in [0.4, 0.5) is 13.2 Å². The summed E-state index contributed by atoms with van der Waals surface area (Å²) in [6, 6.07) is 7.50. The van der Waals surface area contributed by atoms with E-state index in [2.05, 4.69) is 10.6 Å². The van der Waals surface area contributed by atoms with E-state index in [1.807, 2.05) is 0 Å². The first-order valence-electron chi connectivity index (χ1n) is 12.3. The molecule has 3 amide bonds. The van der Waals surface area contributed by atoms with Crippen molar-refractivity contribution in [2.45, 2.75) is 62.8 Å². The van der Waals surface area contributed by atoms with Crippen molar-refractivity contribution in [1.29, 1.82) is 0 Å². The average molecular weight is 527 g/mol. The van der Waals surface area contributed by atoms with Crippen molar-refractivity contribution >= 4 is 23.7 Å². The molecule has 12 heteroatoms. The maximum absolute atomic E-state index is 13.7. The van der Waals surface area contributed by atoms with Gasteiger partial charge in [-0.1, -0.05) is 30.3 Å². The second kappa shape index (κ2) is 11.5. The molecule has 204 valence electrons. The Morgan fingerprint density at radius 2 is 1.89 bits per heavy atom. The molecule has 1 saturated carbocycles. The number of carboxylic acids is 1. The van der Waals surface area contributed by atoms with Gasteiger partial charge in [0.2, 0.25) is 11.8 Å². The van der Waals surface area contributed by atoms with Crippen LogP contribution in [0.25, 0.3) is 0 Å². The van der Waals surface area contributed by atoms with Gasteiger partial charge in [0.05, 0.1) is 12.5 Å². The minimum Gasteiger partial charge on any atom is -0.481 e. The van der Waals surface area contributed by atoms with Gasteiger partial charge in [-0.05, 0) is 45.2 Å². The van der Waals surface area contributed by atoms with Crippen molar-refractivity contribution < 1.29 is 37.5 Å². The third-order valence-electron chi connectivity index (χ3n) is 7.19. The van der Waals surface area contributed by atoms with Crippen LogP contribution < -0.4 is 10.6 Å². The largest absolute Gasteiger partial charge is 0.481 e. The first-order valence-corrected chi connectivity index (χ1v) is 12.3. The molecule has 1 aliphatic carbocycles. The zero-order valence-electron chi connectivity index (χ0n) is 20.9. The molecule has 4 atom stereocenters. The maximum Gasteiger partial charge on any atom is 0.471 e. The van der Waals surface area contributed by atoms with Crippen LogP contribution >= 0.6 is 0 Å². The molecule has 2 aliphatic rings. The number of likely N-dealkylation sites (tertiary alicyclic amines) is 1. The molecule has 1 aromatic rings. The highest BCUT2D eigenvalue weighted by Gasteiger charge is 2.63. The smallest absolute Gasteiger partial charge is 0.471 e. The zero-order valence-corrected chi connectivity index (χ0v) is 20.9. The highest BCUT2D eigenvalue weighted by molar-refractivity contribution is 5.97. The van der Waals surface area contributed by atoms with Gasteiger partial charge in [-0.2, -0.15) is 13.2 Å². The van der Waals surface area contributed by atoms with E-state index in [-0.39, 0.29) is 38.9 Å². The summed E-state index contributed by atoms with van der Waals surface area (Å²) >= 11 is 0. The van der Waals surface area contributed by atoms with E-state index in [0.29, 0.717) is 12.8 Å². The predicted octanol–water partition coefficient (Wildman–Crippen LogP) is 1.57. The highest BCUT2D eigenvalue weighted by Crippen LogP contribution is 2.48. The lowest BCUT2D eigenvalue weighted by Crippen LogP contribution is -2.58. The third-order valence-corrected chi connectivity index (χ3v) is 7.19. The topological polar surface area (TPSA) is 119 Å². The van der Waals surface area contributed by atoms with Crippen LogP contribution in [0.15, 0.2) is 30.3 Å². The summed E-state index contributed by atoms with van der Waals surface area (Å²) in [4.78, 5) is 52.0. The number of nitrogens with one attached hydrogen (secondary N) is 2. The van der Waals surface area contributed by atoms with E-state index in [9.17, 15) is 37.5 Å². The van der Waals surface area contributed by atoms with Gasteiger partial charge in [-0.15, -0.1) is 0 Å². The molecule has 0 radical (unpaired) electrons. The van der Waals surface area contributed by atoms with Crippen LogP contribution in [0.1, 0.15) is 38.2 Å². The zero-order chi connectivity index (χ0) is 27.4. The summed E-state index contributed by atoms with van der Waals surface area (Å²) < 4.78 is 40.2. The molecule has 0 bridgehead atoms. The van der Waals surface area contributed by atoms with Gasteiger partial charge >= 0.3 is 18.1 Å². The molecule has 3 rings (SSSR count). The Morgan fingerprint density at radius 1 is 1.22 bits per heavy atom. The molecule has 3 N–H and O–H groups in total. The van der Waals surface area contributed by atoms with Gasteiger partial charge in [0.15, 0.2) is 0 Å². The maximum atomic E-state index is 13.7. The van der Waals surface area contributed by atoms with E-state index < -0.39 is 53.4 Å². The molecule has 0 aromatic heterocycles. The van der Waals surface area contributed by atoms with Gasteiger partial charge in [0.1, 0.15) is 5.54 Å². The fourth-order valence-corrected chi connectivity index (χ4v) is 4.88. The van der Waals surface area contributed by atoms with Crippen molar-refractivity contribution in [2.75, 3.05) is 26.7 Å². The fourth-order valence-electron chi connectivity index (χ4n) is 4.88. The van der Waals surface area contributed by atoms with Gasteiger partial charge < -0.3 is 25.5 Å². The molecular weight excluding hydrogens is 493 g/mol. The number of carboxylic acid groups (broad SMARTS) is 1. The van der Waals surface area contributed by atoms with E-state index >= 15 is 0 Å². The molecule has 2 unspecified atom stereocenters. The average Bonchev–Trinajstić information content (AvgIpc) is 3.31. The number of halogens is 3. The monoisotopic (exact) mass is 526 g/mol. The van der Waals surface area contributed by atoms with Gasteiger partial charge in [0.25, 0.3) is 0 Å². The lowest BCUT2D eigenvalue weighted by molar-refractivity contribution is -0.186. The first-order chi connectivity index (χ1) is 17.4. The number of hydrogen-bond acceptors (Lipinski definition) is 5. The van der Waals surface area contributed by atoms with Crippen LogP contribution in [0.2, 0.25) is 0 Å². The van der Waals surface area contributed by atoms with E-state index in [1.54, 1.807) is 44.3 Å². The number of alkyl halides is 3. The SMILES string of the molecule is CN[C@@H](C)C(=O)NC1(C(=O)N2CCC[C@H]2CN(CCc2ccccc2)C(=O)C(F)(F)F)CC1CC(=O)O. The van der Waals surface area contributed by atoms with Crippen molar-refractivity contribution in [2.24, 2.45) is 5.92 Å². The van der Waals surface area contributed by atoms with Gasteiger partial charge in [-0.25, -0.2) is 0 Å². The molecule has 37 heavy (non-hydrogen) atoms. The molecule has 2 fully saturated rings. The van der Waals surface area contributed by atoms with Crippen molar-refractivity contribution in [3.8, 4) is 0 Å². The van der Waals surface area contributed by atoms with Crippen LogP contribution in [0, 0.1) is 5.92 Å². The van der Waals surface area contributed by atoms with E-state index in [0.717, 1.165) is 10.5 Å². The number of likely N-dealkylation sites (N-methyl/N-ethyl adjacent to an activating group) is 1. The Labute approximate surface area is 213 Å². The molecule has 1 saturated heterocycles. The fraction of sp³-hybridized carbons (Fsp3) is 0.600. The molecular formula is C25H33F3N4O5. The Balaban J connectivity index is 1.79. The Kier molecular flexibility index (Phi) is 8.83. The number of benzene rings is 1. The van der Waals surface area contributed by atoms with Crippen LogP contribution in [0.5, 0.6) is 0 Å². The molecule has 1 aromatic carbocycles. The molecule has 1 heterocycles. The second-order valence-electron chi connectivity index (χ2n) is 9.75. The standard InChI is InChI=1S/C25H33F3N4O5/c1-16(29-2)21(35)30-24(14-18(24)13-20(33)34)22(36)32-11-6-9-19(32)15-31(23(37)25(26,27)28)12-10-17-7-4-3-5-8-17/h3-5,7-8,16,18-19,29H,6,9-15H2,1-2H3,(H,30,35)(H,33,34)/t16-,18?,19-,24?/m0/s1. The van der Waals surface area contributed by atoms with Crippen LogP contribution in [0.3, 0.4) is 0 Å². The number of hydrogen-bond donors (Lipinski definition) is 3. The van der Waals surface area contributed by atoms with Gasteiger partial charge in [-0.3, -0.25) is 19.2 Å². The second-order valence-corrected chi connectivity index (χ2v) is 9.75. The lowest BCUT2D eigenvalue weighted by Gasteiger charge is -2.34. The predicted molar refractivity (Wildman–Crippen MR) is 127 cm³/mol. The minimum absolute atomic E-state index is 0.128. The number of amides is 3. The van der Waals surface area contributed by atoms with Gasteiger partial charge in [0, 0.05) is 31.6 Å². The number of nitrogens with zero attached hydrogens (tertiary/aromatic N) is 2. The Morgan fingerprint density at radius 3 is 2.49 bits per heavy atom. The third kappa shape index (κ3) is 6.79. The molecule has 9 nitrogen and oxygen atoms in total. The van der Waals surface area contributed by atoms with Crippen LogP contribution in [-0.2, 0) is 25.6 Å². The summed E-state index contributed by atoms with van der Waals surface area (Å²) in [5.41, 5.74) is -0.650. The Hall–Kier alpha value is -3.15. The quantitative estimate of drug-likeness (QED) is 0.403. The Bertz CT molecular complexity index is 1010. The molecule has 1 aliphatic heterocycles. The summed E-state index contributed by atoms with van der Waals surface area (Å²) in [7, 11) is 1.57. The van der Waals surface area contributed by atoms with Crippen molar-refractivity contribution in [3.63, 3.8) is 0 Å². The van der Waals surface area contributed by atoms with E-state index in [1.165, 1.54) is 4.90 Å². The molecule has 0 spiro atoms. The first kappa shape index (κ1) is 28.4. The van der Waals surface area contributed by atoms with Crippen molar-refractivity contribution in [1.82, 2.24) is 20.4 Å². The lowest BCUT2D eigenvalue weighted by atomic mass is 10.1.